The number of ketones is 1. The van der Waals surface area contributed by atoms with Gasteiger partial charge < -0.3 is 50.9 Å². The molecule has 29 heteroatoms. The number of aliphatic hydroxyl groups is 2. The number of aliphatic hydroxyl groups excluding tert-OH is 2. The summed E-state index contributed by atoms with van der Waals surface area (Å²) in [5.41, 5.74) is 5.01. The zero-order valence-corrected chi connectivity index (χ0v) is 35.3. The smallest absolute Gasteiger partial charge is 0.386 e. The standard InChI is InChI=1S/C31H44N7O18P3S/c1-31(2,26(43)29(44)34-9-8-21(40)33-10-11-60-22(41)13-19(39)12-18-6-4-3-5-7-18)15-53-59(50,51)56-58(48,49)52-14-20-25(55-57(45,46)47)24(42)30(54-20)38-17-37-23-27(32)35-16-36-28(23)38/h3-7,16-17,20,24-26,30,42-43H,8-15H2,1-2H3,(H,33,40)(H,34,44)(H,48,49)(H,50,51)(H2,32,35,36)(H2,45,46,47)/t20-,24-,25-,26+,30-/m1/s1. The van der Waals surface area contributed by atoms with Gasteiger partial charge in [0, 0.05) is 37.1 Å². The molecular weight excluding hydrogens is 883 g/mol. The molecule has 0 bridgehead atoms. The minimum absolute atomic E-state index is 0.0228. The number of imidazole rings is 1. The highest BCUT2D eigenvalue weighted by Crippen LogP contribution is 2.61. The Labute approximate surface area is 345 Å². The van der Waals surface area contributed by atoms with E-state index in [0.29, 0.717) is 0 Å². The van der Waals surface area contributed by atoms with E-state index >= 15 is 0 Å². The quantitative estimate of drug-likeness (QED) is 0.0340. The van der Waals surface area contributed by atoms with Gasteiger partial charge in [-0.1, -0.05) is 55.9 Å². The molecule has 0 aliphatic carbocycles. The number of benzene rings is 1. The molecule has 0 radical (unpaired) electrons. The number of nitrogens with one attached hydrogen (secondary N) is 2. The Morgan fingerprint density at radius 3 is 2.37 bits per heavy atom. The number of nitrogens with zero attached hydrogens (tertiary/aromatic N) is 4. The van der Waals surface area contributed by atoms with Crippen LogP contribution in [0.15, 0.2) is 43.0 Å². The maximum Gasteiger partial charge on any atom is 0.481 e. The van der Waals surface area contributed by atoms with E-state index in [-0.39, 0.29) is 66.0 Å². The Morgan fingerprint density at radius 1 is 1.00 bits per heavy atom. The molecule has 4 rings (SSSR count). The third-order valence-electron chi connectivity index (χ3n) is 8.35. The molecule has 1 aliphatic heterocycles. The minimum Gasteiger partial charge on any atom is -0.386 e. The summed E-state index contributed by atoms with van der Waals surface area (Å²) in [5.74, 6) is -1.59. The van der Waals surface area contributed by atoms with Gasteiger partial charge in [0.2, 0.25) is 11.8 Å². The summed E-state index contributed by atoms with van der Waals surface area (Å²) in [6.45, 7) is 0.270. The van der Waals surface area contributed by atoms with Gasteiger partial charge in [-0.2, -0.15) is 4.31 Å². The van der Waals surface area contributed by atoms with Crippen LogP contribution < -0.4 is 16.4 Å². The molecule has 2 amide bonds. The van der Waals surface area contributed by atoms with Crippen LogP contribution in [-0.4, -0.2) is 128 Å². The van der Waals surface area contributed by atoms with Crippen molar-refractivity contribution in [2.75, 3.05) is 37.8 Å². The topological polar surface area (TPSA) is 381 Å². The Balaban J connectivity index is 1.19. The molecule has 3 heterocycles. The number of nitrogen functional groups attached to an aromatic ring is 1. The lowest BCUT2D eigenvalue weighted by Gasteiger charge is -2.30. The first-order valence-corrected chi connectivity index (χ1v) is 23.1. The van der Waals surface area contributed by atoms with Gasteiger partial charge in [0.15, 0.2) is 22.8 Å². The van der Waals surface area contributed by atoms with Gasteiger partial charge in [0.05, 0.1) is 26.0 Å². The summed E-state index contributed by atoms with van der Waals surface area (Å²) in [7, 11) is -16.4. The van der Waals surface area contributed by atoms with E-state index in [4.69, 9.17) is 19.5 Å². The van der Waals surface area contributed by atoms with Crippen LogP contribution in [-0.2, 0) is 61.9 Å². The Kier molecular flexibility index (Phi) is 17.2. The SMILES string of the molecule is CC(C)(COP(=O)(O)OP(=O)(O)OC[C@H]1O[C@@H](n2cnc3c(N)ncnc32)[C@H](O)[C@@H]1OP(=O)(O)O)[C@@H](O)C(=O)NCCC(=O)NCCSC(=O)CC(=O)Cc1ccccc1. The number of anilines is 1. The molecule has 0 saturated carbocycles. The van der Waals surface area contributed by atoms with Crippen LogP contribution in [0.2, 0.25) is 0 Å². The molecule has 2 aromatic heterocycles. The van der Waals surface area contributed by atoms with Crippen LogP contribution in [0.3, 0.4) is 0 Å². The van der Waals surface area contributed by atoms with E-state index in [1.54, 1.807) is 24.3 Å². The number of phosphoric ester groups is 3. The van der Waals surface area contributed by atoms with Crippen molar-refractivity contribution in [1.29, 1.82) is 0 Å². The van der Waals surface area contributed by atoms with Gasteiger partial charge in [0.25, 0.3) is 0 Å². The summed E-state index contributed by atoms with van der Waals surface area (Å²) < 4.78 is 62.1. The number of nitrogens with two attached hydrogens (primary N) is 1. The van der Waals surface area contributed by atoms with Crippen molar-refractivity contribution in [2.24, 2.45) is 5.41 Å². The fraction of sp³-hybridized carbons (Fsp3) is 0.516. The third kappa shape index (κ3) is 14.8. The lowest BCUT2D eigenvalue weighted by atomic mass is 9.87. The molecule has 7 atom stereocenters. The van der Waals surface area contributed by atoms with Crippen molar-refractivity contribution in [1.82, 2.24) is 30.2 Å². The van der Waals surface area contributed by atoms with Crippen molar-refractivity contribution < 1.29 is 85.3 Å². The van der Waals surface area contributed by atoms with Gasteiger partial charge in [0.1, 0.15) is 42.0 Å². The molecule has 1 aromatic carbocycles. The highest BCUT2D eigenvalue weighted by Gasteiger charge is 2.50. The number of rotatable bonds is 23. The highest BCUT2D eigenvalue weighted by atomic mass is 32.2. The number of hydrogen-bond acceptors (Lipinski definition) is 19. The number of carbonyl (C=O) groups is 4. The largest absolute Gasteiger partial charge is 0.481 e. The maximum absolute atomic E-state index is 12.7. The monoisotopic (exact) mass is 927 g/mol. The van der Waals surface area contributed by atoms with Crippen molar-refractivity contribution in [2.45, 2.75) is 63.8 Å². The van der Waals surface area contributed by atoms with Gasteiger partial charge in [-0.3, -0.25) is 37.3 Å². The predicted molar refractivity (Wildman–Crippen MR) is 207 cm³/mol. The molecule has 1 saturated heterocycles. The lowest BCUT2D eigenvalue weighted by molar-refractivity contribution is -0.137. The van der Waals surface area contributed by atoms with Gasteiger partial charge in [-0.25, -0.2) is 28.6 Å². The number of amides is 2. The summed E-state index contributed by atoms with van der Waals surface area (Å²) >= 11 is 0.888. The van der Waals surface area contributed by atoms with Crippen molar-refractivity contribution in [3.8, 4) is 0 Å². The van der Waals surface area contributed by atoms with Gasteiger partial charge in [-0.15, -0.1) is 0 Å². The van der Waals surface area contributed by atoms with E-state index in [1.165, 1.54) is 13.8 Å². The van der Waals surface area contributed by atoms with Gasteiger partial charge in [-0.05, 0) is 5.56 Å². The van der Waals surface area contributed by atoms with E-state index in [9.17, 15) is 62.7 Å². The molecule has 25 nitrogen and oxygen atoms in total. The first-order chi connectivity index (χ1) is 28.0. The average Bonchev–Trinajstić information content (AvgIpc) is 3.71. The normalized spacial score (nSPS) is 20.9. The average molecular weight is 928 g/mol. The molecule has 3 aromatic rings. The molecule has 0 spiro atoms. The number of hydrogen-bond donors (Lipinski definition) is 9. The molecule has 60 heavy (non-hydrogen) atoms. The predicted octanol–water partition coefficient (Wildman–Crippen LogP) is -0.133. The fourth-order valence-electron chi connectivity index (χ4n) is 5.39. The van der Waals surface area contributed by atoms with Crippen LogP contribution >= 0.6 is 35.2 Å². The molecule has 1 fully saturated rings. The Bertz CT molecular complexity index is 2140. The number of phosphoric acid groups is 3. The number of carbonyl (C=O) groups excluding carboxylic acids is 4. The van der Waals surface area contributed by atoms with E-state index in [0.717, 1.165) is 34.5 Å². The maximum atomic E-state index is 12.7. The second-order valence-corrected chi connectivity index (χ2v) is 19.1. The zero-order valence-electron chi connectivity index (χ0n) is 31.8. The molecule has 2 unspecified atom stereocenters. The summed E-state index contributed by atoms with van der Waals surface area (Å²) in [6.07, 6.45) is -7.18. The third-order valence-corrected chi connectivity index (χ3v) is 12.3. The first kappa shape index (κ1) is 49.1. The van der Waals surface area contributed by atoms with Crippen molar-refractivity contribution >= 4 is 74.9 Å². The first-order valence-electron chi connectivity index (χ1n) is 17.6. The van der Waals surface area contributed by atoms with Crippen LogP contribution in [0.1, 0.15) is 38.5 Å². The second kappa shape index (κ2) is 21.0. The van der Waals surface area contributed by atoms with Crippen molar-refractivity contribution in [3.63, 3.8) is 0 Å². The number of ether oxygens (including phenoxy) is 1. The Morgan fingerprint density at radius 2 is 1.68 bits per heavy atom. The second-order valence-electron chi connectivity index (χ2n) is 13.7. The number of fused-ring (bicyclic) bond motifs is 1. The zero-order chi connectivity index (χ0) is 44.5. The number of Topliss-reactive ketones (excluding diaryl/α,β-unsaturated/α-hetero) is 1. The molecule has 1 aliphatic rings. The molecule has 332 valence electrons. The summed E-state index contributed by atoms with van der Waals surface area (Å²) in [4.78, 5) is 99.9. The van der Waals surface area contributed by atoms with Crippen LogP contribution in [0.25, 0.3) is 11.2 Å². The van der Waals surface area contributed by atoms with E-state index in [1.807, 2.05) is 6.07 Å². The van der Waals surface area contributed by atoms with Crippen LogP contribution in [0.4, 0.5) is 5.82 Å². The lowest BCUT2D eigenvalue weighted by Crippen LogP contribution is -2.46. The summed E-state index contributed by atoms with van der Waals surface area (Å²) in [6, 6.07) is 8.95. The minimum atomic E-state index is -5.59. The summed E-state index contributed by atoms with van der Waals surface area (Å²) in [5, 5.41) is 26.0. The van der Waals surface area contributed by atoms with Crippen LogP contribution in [0.5, 0.6) is 0 Å². The van der Waals surface area contributed by atoms with E-state index in [2.05, 4.69) is 34.4 Å². The Hall–Kier alpha value is -3.55. The molecular formula is C31H44N7O18P3S. The van der Waals surface area contributed by atoms with Crippen molar-refractivity contribution in [3.05, 3.63) is 48.5 Å². The number of thioether (sulfide) groups is 1. The fourth-order valence-corrected chi connectivity index (χ4v) is 8.92. The van der Waals surface area contributed by atoms with E-state index < -0.39 is 84.6 Å². The molecule has 10 N–H and O–H groups in total. The highest BCUT2D eigenvalue weighted by molar-refractivity contribution is 8.13. The van der Waals surface area contributed by atoms with Crippen LogP contribution in [0, 0.1) is 5.41 Å². The number of aromatic nitrogens is 4. The van der Waals surface area contributed by atoms with Gasteiger partial charge >= 0.3 is 23.5 Å².